The number of carbonyl (C=O) groups excluding carboxylic acids is 1. The predicted molar refractivity (Wildman–Crippen MR) is 119 cm³/mol. The summed E-state index contributed by atoms with van der Waals surface area (Å²) in [5.41, 5.74) is 4.44. The maximum Gasteiger partial charge on any atom is 0.182 e. The molecule has 0 bridgehead atoms. The zero-order valence-corrected chi connectivity index (χ0v) is 18.4. The van der Waals surface area contributed by atoms with Crippen LogP contribution in [0.5, 0.6) is 0 Å². The first-order valence-electron chi connectivity index (χ1n) is 11.2. The number of allylic oxidation sites excluding steroid dienone is 1. The zero-order valence-electron chi connectivity index (χ0n) is 18.4. The van der Waals surface area contributed by atoms with E-state index in [4.69, 9.17) is 4.52 Å². The monoisotopic (exact) mass is 419 g/mol. The maximum atomic E-state index is 13.0. The molecule has 2 aromatic rings. The lowest BCUT2D eigenvalue weighted by Gasteiger charge is -2.41. The summed E-state index contributed by atoms with van der Waals surface area (Å²) in [4.78, 5) is 26.9. The van der Waals surface area contributed by atoms with Crippen molar-refractivity contribution in [2.75, 3.05) is 19.6 Å². The smallest absolute Gasteiger partial charge is 0.182 e. The van der Waals surface area contributed by atoms with Gasteiger partial charge in [0, 0.05) is 73.4 Å². The van der Waals surface area contributed by atoms with Crippen LogP contribution in [0.1, 0.15) is 36.8 Å². The van der Waals surface area contributed by atoms with Gasteiger partial charge >= 0.3 is 0 Å². The van der Waals surface area contributed by atoms with Crippen LogP contribution in [0.4, 0.5) is 0 Å². The van der Waals surface area contributed by atoms with Crippen LogP contribution in [0.2, 0.25) is 0 Å². The molecule has 0 radical (unpaired) electrons. The van der Waals surface area contributed by atoms with Crippen molar-refractivity contribution in [1.29, 1.82) is 0 Å². The van der Waals surface area contributed by atoms with Gasteiger partial charge in [-0.2, -0.15) is 0 Å². The van der Waals surface area contributed by atoms with Gasteiger partial charge in [0.1, 0.15) is 17.5 Å². The molecule has 7 heteroatoms. The Morgan fingerprint density at radius 2 is 2.03 bits per heavy atom. The van der Waals surface area contributed by atoms with E-state index in [9.17, 15) is 4.79 Å². The molecule has 1 saturated carbocycles. The number of piperazine rings is 1. The fourth-order valence-electron chi connectivity index (χ4n) is 4.66. The van der Waals surface area contributed by atoms with Crippen molar-refractivity contribution in [1.82, 2.24) is 19.9 Å². The number of rotatable bonds is 5. The number of ketones is 1. The first kappa shape index (κ1) is 20.1. The van der Waals surface area contributed by atoms with E-state index in [1.54, 1.807) is 12.3 Å². The summed E-state index contributed by atoms with van der Waals surface area (Å²) in [6.07, 6.45) is 8.58. The molecule has 2 fully saturated rings. The van der Waals surface area contributed by atoms with Crippen LogP contribution in [0.3, 0.4) is 0 Å². The highest BCUT2D eigenvalue weighted by atomic mass is 16.5. The second-order valence-electron chi connectivity index (χ2n) is 8.99. The fourth-order valence-corrected chi connectivity index (χ4v) is 4.66. The highest BCUT2D eigenvalue weighted by Gasteiger charge is 2.36. The summed E-state index contributed by atoms with van der Waals surface area (Å²) >= 11 is 0. The van der Waals surface area contributed by atoms with Crippen LogP contribution in [-0.4, -0.2) is 69.7 Å². The van der Waals surface area contributed by atoms with E-state index in [1.807, 2.05) is 32.2 Å². The molecule has 7 nitrogen and oxygen atoms in total. The number of aliphatic imine (C=N–C) groups is 1. The summed E-state index contributed by atoms with van der Waals surface area (Å²) in [7, 11) is 0. The molecule has 1 aliphatic carbocycles. The minimum Gasteiger partial charge on any atom is -0.367 e. The Hall–Kier alpha value is -2.80. The average molecular weight is 420 g/mol. The molecule has 1 saturated heterocycles. The van der Waals surface area contributed by atoms with Gasteiger partial charge in [-0.25, -0.2) is 0 Å². The van der Waals surface area contributed by atoms with E-state index in [0.29, 0.717) is 12.5 Å². The van der Waals surface area contributed by atoms with Gasteiger partial charge in [-0.1, -0.05) is 5.16 Å². The van der Waals surface area contributed by atoms with E-state index >= 15 is 0 Å². The van der Waals surface area contributed by atoms with Crippen LogP contribution in [0.15, 0.2) is 39.6 Å². The molecule has 1 unspecified atom stereocenters. The molecule has 4 heterocycles. The topological polar surface area (TPSA) is 74.8 Å². The van der Waals surface area contributed by atoms with Crippen molar-refractivity contribution in [3.8, 4) is 11.3 Å². The predicted octanol–water partition coefficient (Wildman–Crippen LogP) is 2.97. The number of aromatic nitrogens is 2. The Morgan fingerprint density at radius 3 is 2.71 bits per heavy atom. The molecular weight excluding hydrogens is 390 g/mol. The van der Waals surface area contributed by atoms with Crippen LogP contribution in [0, 0.1) is 13.8 Å². The Labute approximate surface area is 182 Å². The molecule has 31 heavy (non-hydrogen) atoms. The lowest BCUT2D eigenvalue weighted by atomic mass is 9.97. The summed E-state index contributed by atoms with van der Waals surface area (Å²) in [5.74, 6) is 0.765. The van der Waals surface area contributed by atoms with Crippen LogP contribution < -0.4 is 0 Å². The van der Waals surface area contributed by atoms with Crippen LogP contribution >= 0.6 is 0 Å². The number of hydrogen-bond acceptors (Lipinski definition) is 7. The molecule has 0 amide bonds. The number of aryl methyl sites for hydroxylation is 2. The van der Waals surface area contributed by atoms with Crippen molar-refractivity contribution in [3.05, 3.63) is 47.1 Å². The van der Waals surface area contributed by atoms with Crippen molar-refractivity contribution in [2.24, 2.45) is 4.99 Å². The van der Waals surface area contributed by atoms with Gasteiger partial charge in [-0.3, -0.25) is 19.7 Å². The Balaban J connectivity index is 1.28. The Bertz CT molecular complexity index is 1030. The number of nitrogens with zero attached hydrogens (tertiary/aromatic N) is 5. The number of pyridine rings is 1. The summed E-state index contributed by atoms with van der Waals surface area (Å²) in [6, 6.07) is 4.78. The van der Waals surface area contributed by atoms with Gasteiger partial charge in [-0.05, 0) is 45.7 Å². The zero-order chi connectivity index (χ0) is 21.5. The lowest BCUT2D eigenvalue weighted by Crippen LogP contribution is -2.52. The highest BCUT2D eigenvalue weighted by molar-refractivity contribution is 6.03. The molecule has 3 aliphatic rings. The van der Waals surface area contributed by atoms with Gasteiger partial charge in [-0.15, -0.1) is 0 Å². The van der Waals surface area contributed by atoms with Gasteiger partial charge in [0.25, 0.3) is 0 Å². The van der Waals surface area contributed by atoms with Crippen molar-refractivity contribution in [3.63, 3.8) is 0 Å². The van der Waals surface area contributed by atoms with E-state index in [2.05, 4.69) is 31.9 Å². The number of carbonyl (C=O) groups is 1. The van der Waals surface area contributed by atoms with Crippen molar-refractivity contribution >= 4 is 12.0 Å². The lowest BCUT2D eigenvalue weighted by molar-refractivity contribution is -0.115. The Morgan fingerprint density at radius 1 is 1.19 bits per heavy atom. The normalized spacial score (nSPS) is 24.5. The first-order valence-corrected chi connectivity index (χ1v) is 11.2. The van der Waals surface area contributed by atoms with E-state index in [1.165, 1.54) is 12.8 Å². The maximum absolute atomic E-state index is 13.0. The molecule has 0 spiro atoms. The van der Waals surface area contributed by atoms with E-state index < -0.39 is 6.04 Å². The quantitative estimate of drug-likeness (QED) is 0.742. The fraction of sp³-hybridized carbons (Fsp3) is 0.500. The van der Waals surface area contributed by atoms with Crippen LogP contribution in [-0.2, 0) is 11.2 Å². The Kier molecular flexibility index (Phi) is 5.22. The second kappa shape index (κ2) is 8.04. The third-order valence-electron chi connectivity index (χ3n) is 6.63. The van der Waals surface area contributed by atoms with Crippen molar-refractivity contribution < 1.29 is 9.32 Å². The van der Waals surface area contributed by atoms with Crippen molar-refractivity contribution in [2.45, 2.75) is 58.2 Å². The van der Waals surface area contributed by atoms with Gasteiger partial charge in [0.05, 0.1) is 5.70 Å². The minimum atomic E-state index is -0.441. The molecule has 0 N–H and O–H groups in total. The molecule has 0 aromatic carbocycles. The largest absolute Gasteiger partial charge is 0.367 e. The van der Waals surface area contributed by atoms with Gasteiger partial charge in [0.2, 0.25) is 0 Å². The summed E-state index contributed by atoms with van der Waals surface area (Å²) in [5, 5.41) is 4.22. The molecule has 162 valence electrons. The second-order valence-corrected chi connectivity index (χ2v) is 8.99. The third kappa shape index (κ3) is 4.06. The van der Waals surface area contributed by atoms with Gasteiger partial charge < -0.3 is 9.42 Å². The number of hydrogen-bond donors (Lipinski definition) is 0. The standard InChI is InChI=1S/C24H29N5O2/c1-15-4-5-18(12-25-15)24-21(17(3)31-27-24)11-22-23(30)10-20(13-26-22)28-8-9-29(16(2)14-28)19-6-7-19/h4-5,10,12-13,16,19,22H,6-9,11,14H2,1-3H3/t16-,22?/m0/s1. The molecular formula is C24H29N5O2. The molecule has 2 aromatic heterocycles. The van der Waals surface area contributed by atoms with Gasteiger partial charge in [0.15, 0.2) is 5.78 Å². The average Bonchev–Trinajstić information content (AvgIpc) is 3.54. The summed E-state index contributed by atoms with van der Waals surface area (Å²) in [6.45, 7) is 9.07. The number of dihydropyridines is 1. The van der Waals surface area contributed by atoms with Crippen LogP contribution in [0.25, 0.3) is 11.3 Å². The first-order chi connectivity index (χ1) is 15.0. The van der Waals surface area contributed by atoms with E-state index in [0.717, 1.165) is 59.6 Å². The molecule has 2 aliphatic heterocycles. The summed E-state index contributed by atoms with van der Waals surface area (Å²) < 4.78 is 5.45. The molecule has 2 atom stereocenters. The highest BCUT2D eigenvalue weighted by Crippen LogP contribution is 2.31. The SMILES string of the molecule is Cc1ccc(-c2noc(C)c2CC2N=CC(N3CCN(C4CC4)[C@@H](C)C3)=CC2=O)cn1. The van der Waals surface area contributed by atoms with E-state index in [-0.39, 0.29) is 5.78 Å². The molecule has 5 rings (SSSR count). The minimum absolute atomic E-state index is 0.0448. The third-order valence-corrected chi connectivity index (χ3v) is 6.63.